The molecule has 18 nitrogen and oxygen atoms in total. The SMILES string of the molecule is Cc1ncsc1-c1ccc(CNC(=O)[C@@H]2C[C@@H](O)CN2C(=O)C(NC(=O)COCCOCCNC(=O)c2ccc(-c3ccc(N4C[C@@H](C)N(C)[C@@H](C)C4)c(NC(=O)c4c[nH]c(=O)cc4C(F)(F)F)c3)c(F)c2)C(C)(C)C)cc1. The number of benzene rings is 3. The minimum atomic E-state index is -5.01. The van der Waals surface area contributed by atoms with Crippen LogP contribution in [-0.2, 0) is 36.6 Å². The number of hydrogen-bond acceptors (Lipinski definition) is 13. The average Bonchev–Trinajstić information content (AvgIpc) is 4.04. The number of anilines is 2. The molecule has 418 valence electrons. The Morgan fingerprint density at radius 2 is 1.58 bits per heavy atom. The highest BCUT2D eigenvalue weighted by Gasteiger charge is 2.44. The Morgan fingerprint density at radius 3 is 2.23 bits per heavy atom. The minimum absolute atomic E-state index is 0.0131. The molecule has 2 aliphatic heterocycles. The van der Waals surface area contributed by atoms with Crippen LogP contribution in [0.15, 0.2) is 83.2 Å². The Hall–Kier alpha value is -7.05. The third-order valence-corrected chi connectivity index (χ3v) is 14.8. The van der Waals surface area contributed by atoms with Crippen LogP contribution in [0.4, 0.5) is 28.9 Å². The van der Waals surface area contributed by atoms with Crippen molar-refractivity contribution in [3.05, 3.63) is 123 Å². The summed E-state index contributed by atoms with van der Waals surface area (Å²) in [5.74, 6) is -4.07. The maximum atomic E-state index is 15.9. The number of halogens is 4. The normalized spacial score (nSPS) is 18.4. The van der Waals surface area contributed by atoms with Gasteiger partial charge in [0.15, 0.2) is 0 Å². The van der Waals surface area contributed by atoms with E-state index < -0.39 is 88.4 Å². The first-order valence-electron chi connectivity index (χ1n) is 25.4. The number of alkyl halides is 3. The van der Waals surface area contributed by atoms with Gasteiger partial charge in [-0.3, -0.25) is 33.7 Å². The van der Waals surface area contributed by atoms with Crippen molar-refractivity contribution < 1.29 is 56.1 Å². The van der Waals surface area contributed by atoms with E-state index in [9.17, 15) is 47.0 Å². The second-order valence-corrected chi connectivity index (χ2v) is 21.5. The van der Waals surface area contributed by atoms with E-state index >= 15 is 4.39 Å². The van der Waals surface area contributed by atoms with Crippen LogP contribution in [0.1, 0.15) is 78.6 Å². The number of H-pyrrole nitrogens is 1. The predicted octanol–water partition coefficient (Wildman–Crippen LogP) is 5.98. The zero-order valence-electron chi connectivity index (χ0n) is 44.4. The summed E-state index contributed by atoms with van der Waals surface area (Å²) in [6, 6.07) is 14.7. The number of likely N-dealkylation sites (tertiary alicyclic amines) is 1. The molecule has 0 aliphatic carbocycles. The molecule has 0 spiro atoms. The fourth-order valence-electron chi connectivity index (χ4n) is 9.36. The molecular weight excluding hydrogens is 1040 g/mol. The van der Waals surface area contributed by atoms with E-state index in [0.717, 1.165) is 27.8 Å². The van der Waals surface area contributed by atoms with Gasteiger partial charge in [0.05, 0.1) is 64.5 Å². The molecule has 1 unspecified atom stereocenters. The van der Waals surface area contributed by atoms with Gasteiger partial charge in [-0.25, -0.2) is 9.37 Å². The second kappa shape index (κ2) is 25.2. The van der Waals surface area contributed by atoms with Crippen molar-refractivity contribution in [1.82, 2.24) is 35.7 Å². The average molecular weight is 1100 g/mol. The van der Waals surface area contributed by atoms with Gasteiger partial charge in [-0.05, 0) is 74.2 Å². The number of hydrogen-bond donors (Lipinski definition) is 6. The molecule has 5 amide bonds. The molecule has 2 saturated heterocycles. The zero-order valence-corrected chi connectivity index (χ0v) is 45.2. The first-order chi connectivity index (χ1) is 36.9. The number of aryl methyl sites for hydroxylation is 1. The summed E-state index contributed by atoms with van der Waals surface area (Å²) in [5.41, 5.74) is 1.42. The summed E-state index contributed by atoms with van der Waals surface area (Å²) in [6.45, 7) is 12.1. The zero-order chi connectivity index (χ0) is 56.6. The van der Waals surface area contributed by atoms with Gasteiger partial charge in [0, 0.05) is 74.6 Å². The van der Waals surface area contributed by atoms with Gasteiger partial charge in [-0.1, -0.05) is 57.2 Å². The van der Waals surface area contributed by atoms with Gasteiger partial charge in [-0.15, -0.1) is 11.3 Å². The maximum absolute atomic E-state index is 15.9. The lowest BCUT2D eigenvalue weighted by Crippen LogP contribution is -2.58. The topological polar surface area (TPSA) is 228 Å². The summed E-state index contributed by atoms with van der Waals surface area (Å²) < 4.78 is 68.8. The van der Waals surface area contributed by atoms with Crippen molar-refractivity contribution in [3.8, 4) is 21.6 Å². The summed E-state index contributed by atoms with van der Waals surface area (Å²) in [6.07, 6.45) is -5.20. The highest BCUT2D eigenvalue weighted by Crippen LogP contribution is 2.37. The molecule has 0 saturated carbocycles. The van der Waals surface area contributed by atoms with Gasteiger partial charge in [-0.2, -0.15) is 13.2 Å². The van der Waals surface area contributed by atoms with Crippen LogP contribution in [0.25, 0.3) is 21.6 Å². The maximum Gasteiger partial charge on any atom is 0.417 e. The number of ether oxygens (including phenoxy) is 2. The quantitative estimate of drug-likeness (QED) is 0.0415. The van der Waals surface area contributed by atoms with Crippen LogP contribution < -0.4 is 31.7 Å². The Morgan fingerprint density at radius 1 is 0.885 bits per heavy atom. The number of nitrogens with zero attached hydrogens (tertiary/aromatic N) is 4. The first-order valence-corrected chi connectivity index (χ1v) is 26.3. The molecule has 7 rings (SSSR count). The highest BCUT2D eigenvalue weighted by atomic mass is 32.1. The van der Waals surface area contributed by atoms with Crippen LogP contribution in [-0.4, -0.2) is 144 Å². The number of aliphatic hydroxyl groups is 1. The Labute approximate surface area is 452 Å². The van der Waals surface area contributed by atoms with Crippen LogP contribution in [0.5, 0.6) is 0 Å². The van der Waals surface area contributed by atoms with Crippen molar-refractivity contribution in [2.45, 2.75) is 91.0 Å². The van der Waals surface area contributed by atoms with E-state index in [4.69, 9.17) is 9.47 Å². The molecule has 5 atom stereocenters. The van der Waals surface area contributed by atoms with Crippen LogP contribution in [0, 0.1) is 18.2 Å². The van der Waals surface area contributed by atoms with E-state index in [1.54, 1.807) is 49.8 Å². The molecule has 78 heavy (non-hydrogen) atoms. The number of carbonyl (C=O) groups is 5. The number of nitrogens with one attached hydrogen (secondary N) is 5. The number of aliphatic hydroxyl groups excluding tert-OH is 1. The molecule has 4 heterocycles. The van der Waals surface area contributed by atoms with Crippen LogP contribution in [0.2, 0.25) is 0 Å². The predicted molar refractivity (Wildman–Crippen MR) is 286 cm³/mol. The molecule has 0 radical (unpaired) electrons. The molecule has 23 heteroatoms. The summed E-state index contributed by atoms with van der Waals surface area (Å²) in [7, 11) is 1.98. The molecule has 3 aromatic carbocycles. The molecule has 5 aromatic rings. The molecule has 2 fully saturated rings. The number of carbonyl (C=O) groups excluding carboxylic acids is 5. The molecule has 0 bridgehead atoms. The van der Waals surface area contributed by atoms with E-state index in [1.807, 2.05) is 57.0 Å². The first kappa shape index (κ1) is 58.6. The van der Waals surface area contributed by atoms with Crippen LogP contribution in [0.3, 0.4) is 0 Å². The van der Waals surface area contributed by atoms with Crippen molar-refractivity contribution in [2.24, 2.45) is 5.41 Å². The van der Waals surface area contributed by atoms with Gasteiger partial charge in [0.2, 0.25) is 23.3 Å². The number of rotatable bonds is 19. The van der Waals surface area contributed by atoms with Crippen molar-refractivity contribution >= 4 is 52.2 Å². The third kappa shape index (κ3) is 14.5. The summed E-state index contributed by atoms with van der Waals surface area (Å²) in [4.78, 5) is 91.9. The highest BCUT2D eigenvalue weighted by molar-refractivity contribution is 7.13. The molecule has 2 aromatic heterocycles. The van der Waals surface area contributed by atoms with Gasteiger partial charge in [0.1, 0.15) is 24.5 Å². The van der Waals surface area contributed by atoms with E-state index in [-0.39, 0.29) is 80.3 Å². The Kier molecular flexibility index (Phi) is 18.9. The monoisotopic (exact) mass is 1100 g/mol. The van der Waals surface area contributed by atoms with Crippen LogP contribution >= 0.6 is 11.3 Å². The number of thiazole rings is 1. The Balaban J connectivity index is 0.873. The van der Waals surface area contributed by atoms with E-state index in [2.05, 4.69) is 36.1 Å². The lowest BCUT2D eigenvalue weighted by molar-refractivity contribution is -0.144. The lowest BCUT2D eigenvalue weighted by Gasteiger charge is -2.44. The molecule has 2 aliphatic rings. The van der Waals surface area contributed by atoms with E-state index in [0.29, 0.717) is 31.0 Å². The van der Waals surface area contributed by atoms with Gasteiger partial charge >= 0.3 is 6.18 Å². The Bertz CT molecular complexity index is 3030. The second-order valence-electron chi connectivity index (χ2n) is 20.6. The standard InChI is InChI=1S/C55H65F4N9O9S/c1-31-26-67(27-32(2)66(31)7)44-15-13-36(21-43(44)64-51(73)40-25-61-46(70)23-41(40)55(57,58)59)39-14-12-37(20-42(39)56)50(72)60-16-17-76-18-19-77-29-47(71)65-49(54(4,5)6)53(75)68-28-38(69)22-45(68)52(74)62-24-34-8-10-35(11-9-34)48-33(3)63-30-78-48/h8-15,20-21,23,25,30-32,38,45,49,69H,16-19,22,24,26-29H2,1-7H3,(H,60,72)(H,61,70)(H,62,74)(H,64,73)(H,65,71)/t31-,32+,38-,45+,49?/m1/s1. The number of piperazine rings is 1. The van der Waals surface area contributed by atoms with Gasteiger partial charge < -0.3 is 50.6 Å². The van der Waals surface area contributed by atoms with E-state index in [1.165, 1.54) is 23.1 Å². The van der Waals surface area contributed by atoms with Crippen molar-refractivity contribution in [2.75, 3.05) is 69.9 Å². The number of β-amino-alcohol motifs (C(OH)–C–C–N with tert-alkyl or cyclic N) is 1. The lowest BCUT2D eigenvalue weighted by atomic mass is 9.85. The fraction of sp³-hybridized carbons (Fsp3) is 0.436. The largest absolute Gasteiger partial charge is 0.417 e. The molecular formula is C55H65F4N9O9S. The minimum Gasteiger partial charge on any atom is -0.391 e. The molecule has 6 N–H and O–H groups in total. The number of aromatic nitrogens is 2. The summed E-state index contributed by atoms with van der Waals surface area (Å²) >= 11 is 1.54. The van der Waals surface area contributed by atoms with Crippen molar-refractivity contribution in [1.29, 1.82) is 0 Å². The number of likely N-dealkylation sites (N-methyl/N-ethyl adjacent to an activating group) is 1. The smallest absolute Gasteiger partial charge is 0.391 e. The summed E-state index contributed by atoms with van der Waals surface area (Å²) in [5, 5.41) is 21.4. The van der Waals surface area contributed by atoms with Gasteiger partial charge in [0.25, 0.3) is 11.8 Å². The number of pyridine rings is 1. The number of amides is 5. The third-order valence-electron chi connectivity index (χ3n) is 13.8. The van der Waals surface area contributed by atoms with Crippen molar-refractivity contribution in [3.63, 3.8) is 0 Å². The fourth-order valence-corrected chi connectivity index (χ4v) is 10.2. The number of aromatic amines is 1.